The molecule has 2 aromatic carbocycles. The third kappa shape index (κ3) is 6.01. The molecule has 0 fully saturated rings. The first-order chi connectivity index (χ1) is 12.7. The zero-order chi connectivity index (χ0) is 20.1. The average Bonchev–Trinajstić information content (AvgIpc) is 2.62. The van der Waals surface area contributed by atoms with Crippen LogP contribution < -0.4 is 10.1 Å². The minimum atomic E-state index is -0.958. The number of carbonyl (C=O) groups is 2. The van der Waals surface area contributed by atoms with Gasteiger partial charge in [0.15, 0.2) is 12.7 Å². The lowest BCUT2D eigenvalue weighted by atomic mass is 10.2. The van der Waals surface area contributed by atoms with Crippen molar-refractivity contribution in [2.45, 2.75) is 20.0 Å². The molecule has 0 spiro atoms. The van der Waals surface area contributed by atoms with Crippen LogP contribution in [0.15, 0.2) is 34.8 Å². The molecule has 0 saturated heterocycles. The van der Waals surface area contributed by atoms with Crippen molar-refractivity contribution in [3.05, 3.63) is 55.4 Å². The summed E-state index contributed by atoms with van der Waals surface area (Å²) in [5.74, 6) is -0.918. The molecule has 2 aromatic rings. The molecule has 1 atom stereocenters. The molecule has 9 heteroatoms. The lowest BCUT2D eigenvalue weighted by Gasteiger charge is -2.15. The highest BCUT2D eigenvalue weighted by Crippen LogP contribution is 2.31. The van der Waals surface area contributed by atoms with Gasteiger partial charge in [-0.2, -0.15) is 0 Å². The van der Waals surface area contributed by atoms with E-state index in [1.54, 1.807) is 31.2 Å². The molecular formula is C18H15BrCl3NO4. The van der Waals surface area contributed by atoms with Crippen molar-refractivity contribution in [1.29, 1.82) is 0 Å². The minimum Gasteiger partial charge on any atom is -0.477 e. The number of amides is 1. The topological polar surface area (TPSA) is 64.6 Å². The molecule has 0 unspecified atom stereocenters. The summed E-state index contributed by atoms with van der Waals surface area (Å²) < 4.78 is 11.1. The van der Waals surface area contributed by atoms with Gasteiger partial charge in [-0.1, -0.05) is 34.8 Å². The highest BCUT2D eigenvalue weighted by molar-refractivity contribution is 9.10. The minimum absolute atomic E-state index is 0.266. The van der Waals surface area contributed by atoms with Gasteiger partial charge in [-0.05, 0) is 65.7 Å². The number of benzene rings is 2. The number of carbonyl (C=O) groups excluding carboxylic acids is 2. The van der Waals surface area contributed by atoms with Crippen LogP contribution in [0.5, 0.6) is 5.75 Å². The summed E-state index contributed by atoms with van der Waals surface area (Å²) in [5.41, 5.74) is 1.22. The molecule has 0 saturated carbocycles. The molecule has 0 aliphatic carbocycles. The second-order valence-electron chi connectivity index (χ2n) is 5.52. The van der Waals surface area contributed by atoms with Crippen molar-refractivity contribution < 1.29 is 19.1 Å². The highest BCUT2D eigenvalue weighted by Gasteiger charge is 2.19. The van der Waals surface area contributed by atoms with Crippen LogP contribution in [0.1, 0.15) is 12.5 Å². The molecule has 5 nitrogen and oxygen atoms in total. The van der Waals surface area contributed by atoms with Gasteiger partial charge in [-0.25, -0.2) is 4.79 Å². The number of nitrogens with one attached hydrogen (secondary N) is 1. The summed E-state index contributed by atoms with van der Waals surface area (Å²) in [7, 11) is 0. The van der Waals surface area contributed by atoms with E-state index in [4.69, 9.17) is 44.3 Å². The first-order valence-electron chi connectivity index (χ1n) is 7.72. The number of anilines is 1. The summed E-state index contributed by atoms with van der Waals surface area (Å²) in [4.78, 5) is 24.0. The molecule has 0 bridgehead atoms. The van der Waals surface area contributed by atoms with Gasteiger partial charge in [0.25, 0.3) is 5.91 Å². The highest BCUT2D eigenvalue weighted by atomic mass is 79.9. The molecule has 0 heterocycles. The van der Waals surface area contributed by atoms with Crippen molar-refractivity contribution in [2.24, 2.45) is 0 Å². The van der Waals surface area contributed by atoms with Crippen LogP contribution in [0.3, 0.4) is 0 Å². The second-order valence-corrected chi connectivity index (χ2v) is 7.60. The van der Waals surface area contributed by atoms with Gasteiger partial charge >= 0.3 is 5.97 Å². The number of rotatable bonds is 6. The number of hydrogen-bond donors (Lipinski definition) is 1. The van der Waals surface area contributed by atoms with Crippen molar-refractivity contribution in [1.82, 2.24) is 0 Å². The zero-order valence-corrected chi connectivity index (χ0v) is 18.2. The predicted molar refractivity (Wildman–Crippen MR) is 110 cm³/mol. The van der Waals surface area contributed by atoms with Crippen LogP contribution in [0, 0.1) is 6.92 Å². The summed E-state index contributed by atoms with van der Waals surface area (Å²) >= 11 is 21.2. The van der Waals surface area contributed by atoms with Crippen molar-refractivity contribution in [2.75, 3.05) is 11.9 Å². The van der Waals surface area contributed by atoms with E-state index in [9.17, 15) is 9.59 Å². The summed E-state index contributed by atoms with van der Waals surface area (Å²) in [6.45, 7) is 2.79. The Bertz CT molecular complexity index is 876. The van der Waals surface area contributed by atoms with E-state index >= 15 is 0 Å². The molecular weight excluding hydrogens is 480 g/mol. The third-order valence-electron chi connectivity index (χ3n) is 3.49. The van der Waals surface area contributed by atoms with E-state index in [1.165, 1.54) is 13.0 Å². The number of esters is 1. The maximum atomic E-state index is 12.0. The maximum Gasteiger partial charge on any atom is 0.347 e. The Hall–Kier alpha value is -1.47. The summed E-state index contributed by atoms with van der Waals surface area (Å²) in [5, 5.41) is 3.84. The van der Waals surface area contributed by atoms with E-state index in [0.717, 1.165) is 4.47 Å². The standard InChI is InChI=1S/C18H15BrCl3NO4/c1-9-14(5-4-12(19)17(9)22)23-16(24)8-26-18(25)10(2)27-15-6-3-11(20)7-13(15)21/h3-7,10H,8H2,1-2H3,(H,23,24)/t10-/m1/s1. The molecule has 144 valence electrons. The predicted octanol–water partition coefficient (Wildman–Crippen LogP) is 5.67. The fraction of sp³-hybridized carbons (Fsp3) is 0.222. The van der Waals surface area contributed by atoms with Gasteiger partial charge in [0.2, 0.25) is 0 Å². The van der Waals surface area contributed by atoms with E-state index < -0.39 is 24.6 Å². The molecule has 0 aromatic heterocycles. The molecule has 27 heavy (non-hydrogen) atoms. The smallest absolute Gasteiger partial charge is 0.347 e. The molecule has 1 N–H and O–H groups in total. The van der Waals surface area contributed by atoms with E-state index in [-0.39, 0.29) is 10.8 Å². The summed E-state index contributed by atoms with van der Waals surface area (Å²) in [6.07, 6.45) is -0.958. The largest absolute Gasteiger partial charge is 0.477 e. The monoisotopic (exact) mass is 493 g/mol. The lowest BCUT2D eigenvalue weighted by Crippen LogP contribution is -2.30. The Morgan fingerprint density at radius 2 is 1.89 bits per heavy atom. The Morgan fingerprint density at radius 1 is 1.19 bits per heavy atom. The number of hydrogen-bond acceptors (Lipinski definition) is 4. The number of ether oxygens (including phenoxy) is 2. The van der Waals surface area contributed by atoms with Crippen molar-refractivity contribution >= 4 is 68.3 Å². The van der Waals surface area contributed by atoms with E-state index in [1.807, 2.05) is 0 Å². The van der Waals surface area contributed by atoms with Crippen molar-refractivity contribution in [3.63, 3.8) is 0 Å². The van der Waals surface area contributed by atoms with Crippen molar-refractivity contribution in [3.8, 4) is 5.75 Å². The molecule has 1 amide bonds. The quantitative estimate of drug-likeness (QED) is 0.525. The van der Waals surface area contributed by atoms with Crippen LogP contribution in [0.2, 0.25) is 15.1 Å². The Labute approximate surface area is 180 Å². The Morgan fingerprint density at radius 3 is 2.56 bits per heavy atom. The molecule has 0 aliphatic heterocycles. The SMILES string of the molecule is Cc1c(NC(=O)COC(=O)[C@@H](C)Oc2ccc(Cl)cc2Cl)ccc(Br)c1Cl. The van der Waals surface area contributed by atoms with Gasteiger partial charge in [0.05, 0.1) is 10.0 Å². The zero-order valence-electron chi connectivity index (χ0n) is 14.3. The first kappa shape index (κ1) is 21.8. The van der Waals surface area contributed by atoms with Crippen LogP contribution in [-0.4, -0.2) is 24.6 Å². The average molecular weight is 496 g/mol. The van der Waals surface area contributed by atoms with E-state index in [2.05, 4.69) is 21.2 Å². The molecule has 2 rings (SSSR count). The molecule has 0 aliphatic rings. The fourth-order valence-electron chi connectivity index (χ4n) is 2.04. The fourth-order valence-corrected chi connectivity index (χ4v) is 3.08. The van der Waals surface area contributed by atoms with E-state index in [0.29, 0.717) is 21.3 Å². The second kappa shape index (κ2) is 9.64. The van der Waals surface area contributed by atoms with Gasteiger partial charge < -0.3 is 14.8 Å². The third-order valence-corrected chi connectivity index (χ3v) is 5.40. The van der Waals surface area contributed by atoms with Crippen LogP contribution in [0.4, 0.5) is 5.69 Å². The van der Waals surface area contributed by atoms with Crippen LogP contribution in [0.25, 0.3) is 0 Å². The number of halogens is 4. The van der Waals surface area contributed by atoms with Gasteiger partial charge in [0.1, 0.15) is 5.75 Å². The maximum absolute atomic E-state index is 12.0. The Balaban J connectivity index is 1.89. The van der Waals surface area contributed by atoms with Gasteiger partial charge in [0, 0.05) is 15.2 Å². The van der Waals surface area contributed by atoms with Crippen LogP contribution in [-0.2, 0) is 14.3 Å². The Kier molecular flexibility index (Phi) is 7.79. The van der Waals surface area contributed by atoms with Crippen LogP contribution >= 0.6 is 50.7 Å². The first-order valence-corrected chi connectivity index (χ1v) is 9.64. The lowest BCUT2D eigenvalue weighted by molar-refractivity contribution is -0.153. The summed E-state index contributed by atoms with van der Waals surface area (Å²) in [6, 6.07) is 8.03. The normalized spacial score (nSPS) is 11.6. The van der Waals surface area contributed by atoms with Gasteiger partial charge in [-0.3, -0.25) is 4.79 Å². The van der Waals surface area contributed by atoms with Gasteiger partial charge in [-0.15, -0.1) is 0 Å². The molecule has 0 radical (unpaired) electrons.